The van der Waals surface area contributed by atoms with Crippen LogP contribution < -0.4 is 0 Å². The zero-order valence-corrected chi connectivity index (χ0v) is 9.12. The SMILES string of the molecule is O=C(O)c1cc(-c2ccc(C(F)(F)F)cc2F)n[nH]1. The summed E-state index contributed by atoms with van der Waals surface area (Å²) in [6.45, 7) is 0. The number of aromatic carboxylic acids is 1. The van der Waals surface area contributed by atoms with Crippen molar-refractivity contribution in [3.05, 3.63) is 41.3 Å². The number of rotatable bonds is 2. The molecule has 2 aromatic rings. The van der Waals surface area contributed by atoms with E-state index in [4.69, 9.17) is 5.11 Å². The summed E-state index contributed by atoms with van der Waals surface area (Å²) in [5, 5.41) is 14.3. The van der Waals surface area contributed by atoms with Gasteiger partial charge in [-0.15, -0.1) is 0 Å². The van der Waals surface area contributed by atoms with Gasteiger partial charge >= 0.3 is 12.1 Å². The summed E-state index contributed by atoms with van der Waals surface area (Å²) in [7, 11) is 0. The van der Waals surface area contributed by atoms with E-state index in [0.29, 0.717) is 12.1 Å². The highest BCUT2D eigenvalue weighted by Gasteiger charge is 2.31. The van der Waals surface area contributed by atoms with Crippen molar-refractivity contribution in [1.82, 2.24) is 10.2 Å². The van der Waals surface area contributed by atoms with Crippen LogP contribution in [-0.4, -0.2) is 21.3 Å². The molecule has 100 valence electrons. The van der Waals surface area contributed by atoms with Gasteiger partial charge in [-0.05, 0) is 24.3 Å². The number of aromatic nitrogens is 2. The molecule has 0 fully saturated rings. The van der Waals surface area contributed by atoms with E-state index in [1.807, 2.05) is 0 Å². The summed E-state index contributed by atoms with van der Waals surface area (Å²) in [6.07, 6.45) is -4.64. The first-order valence-corrected chi connectivity index (χ1v) is 4.95. The van der Waals surface area contributed by atoms with Crippen LogP contribution in [0.5, 0.6) is 0 Å². The predicted octanol–water partition coefficient (Wildman–Crippen LogP) is 2.93. The van der Waals surface area contributed by atoms with Gasteiger partial charge < -0.3 is 5.11 Å². The van der Waals surface area contributed by atoms with Crippen molar-refractivity contribution in [3.8, 4) is 11.3 Å². The lowest BCUT2D eigenvalue weighted by atomic mass is 10.1. The van der Waals surface area contributed by atoms with Gasteiger partial charge in [0.15, 0.2) is 0 Å². The van der Waals surface area contributed by atoms with E-state index >= 15 is 0 Å². The fourth-order valence-electron chi connectivity index (χ4n) is 1.47. The van der Waals surface area contributed by atoms with Crippen molar-refractivity contribution in [1.29, 1.82) is 0 Å². The lowest BCUT2D eigenvalue weighted by molar-refractivity contribution is -0.137. The van der Waals surface area contributed by atoms with E-state index in [2.05, 4.69) is 10.2 Å². The van der Waals surface area contributed by atoms with Crippen LogP contribution in [0.2, 0.25) is 0 Å². The standard InChI is InChI=1S/C11H6F4N2O2/c12-7-3-5(11(13,14)15)1-2-6(7)8-4-9(10(18)19)17-16-8/h1-4H,(H,16,17)(H,18,19). The van der Waals surface area contributed by atoms with Gasteiger partial charge in [0.05, 0.1) is 11.3 Å². The molecule has 0 aliphatic rings. The number of nitrogens with one attached hydrogen (secondary N) is 1. The average Bonchev–Trinajstić information content (AvgIpc) is 2.76. The first kappa shape index (κ1) is 13.1. The number of carboxylic acid groups (broad SMARTS) is 1. The summed E-state index contributed by atoms with van der Waals surface area (Å²) < 4.78 is 50.6. The Morgan fingerprint density at radius 1 is 1.26 bits per heavy atom. The Balaban J connectivity index is 2.43. The highest BCUT2D eigenvalue weighted by atomic mass is 19.4. The number of carboxylic acids is 1. The van der Waals surface area contributed by atoms with Crippen LogP contribution in [0.15, 0.2) is 24.3 Å². The third kappa shape index (κ3) is 2.56. The molecule has 0 bridgehead atoms. The van der Waals surface area contributed by atoms with E-state index in [9.17, 15) is 22.4 Å². The number of hydrogen-bond acceptors (Lipinski definition) is 2. The first-order valence-electron chi connectivity index (χ1n) is 4.95. The summed E-state index contributed by atoms with van der Waals surface area (Å²) in [5.41, 5.74) is -1.70. The van der Waals surface area contributed by atoms with Gasteiger partial charge in [0.2, 0.25) is 0 Å². The van der Waals surface area contributed by atoms with E-state index in [-0.39, 0.29) is 17.0 Å². The number of halogens is 4. The van der Waals surface area contributed by atoms with Crippen LogP contribution in [0.4, 0.5) is 17.6 Å². The maximum absolute atomic E-state index is 13.6. The number of aromatic amines is 1. The fourth-order valence-corrected chi connectivity index (χ4v) is 1.47. The van der Waals surface area contributed by atoms with Crippen LogP contribution in [0.3, 0.4) is 0 Å². The molecule has 1 aromatic heterocycles. The smallest absolute Gasteiger partial charge is 0.416 e. The molecule has 0 saturated carbocycles. The van der Waals surface area contributed by atoms with E-state index < -0.39 is 23.5 Å². The molecule has 19 heavy (non-hydrogen) atoms. The van der Waals surface area contributed by atoms with Crippen LogP contribution in [0, 0.1) is 5.82 Å². The Hall–Kier alpha value is -2.38. The molecular weight excluding hydrogens is 268 g/mol. The lowest BCUT2D eigenvalue weighted by Crippen LogP contribution is -2.05. The van der Waals surface area contributed by atoms with Gasteiger partial charge in [0.25, 0.3) is 0 Å². The maximum Gasteiger partial charge on any atom is 0.416 e. The summed E-state index contributed by atoms with van der Waals surface area (Å²) in [4.78, 5) is 10.6. The van der Waals surface area contributed by atoms with Crippen LogP contribution in [-0.2, 0) is 6.18 Å². The molecule has 0 aliphatic heterocycles. The number of carbonyl (C=O) groups is 1. The van der Waals surface area contributed by atoms with Crippen LogP contribution >= 0.6 is 0 Å². The van der Waals surface area contributed by atoms with Gasteiger partial charge in [-0.1, -0.05) is 0 Å². The molecule has 0 saturated heterocycles. The fraction of sp³-hybridized carbons (Fsp3) is 0.0909. The summed E-state index contributed by atoms with van der Waals surface area (Å²) in [5.74, 6) is -2.43. The summed E-state index contributed by atoms with van der Waals surface area (Å²) in [6, 6.07) is 2.98. The lowest BCUT2D eigenvalue weighted by Gasteiger charge is -2.07. The van der Waals surface area contributed by atoms with Gasteiger partial charge in [0, 0.05) is 5.56 Å². The molecule has 0 atom stereocenters. The highest BCUT2D eigenvalue weighted by Crippen LogP contribution is 2.32. The predicted molar refractivity (Wildman–Crippen MR) is 55.9 cm³/mol. The van der Waals surface area contributed by atoms with Crippen LogP contribution in [0.1, 0.15) is 16.1 Å². The molecule has 0 amide bonds. The molecule has 0 spiro atoms. The van der Waals surface area contributed by atoms with E-state index in [1.54, 1.807) is 0 Å². The molecule has 0 unspecified atom stereocenters. The molecule has 0 aliphatic carbocycles. The number of hydrogen-bond donors (Lipinski definition) is 2. The molecule has 1 heterocycles. The average molecular weight is 274 g/mol. The van der Waals surface area contributed by atoms with Crippen molar-refractivity contribution in [3.63, 3.8) is 0 Å². The van der Waals surface area contributed by atoms with Crippen molar-refractivity contribution < 1.29 is 27.5 Å². The van der Waals surface area contributed by atoms with E-state index in [1.165, 1.54) is 0 Å². The largest absolute Gasteiger partial charge is 0.477 e. The number of alkyl halides is 3. The maximum atomic E-state index is 13.6. The molecule has 4 nitrogen and oxygen atoms in total. The van der Waals surface area contributed by atoms with Crippen molar-refractivity contribution in [2.75, 3.05) is 0 Å². The number of nitrogens with zero attached hydrogens (tertiary/aromatic N) is 1. The molecule has 8 heteroatoms. The molecule has 2 rings (SSSR count). The zero-order valence-electron chi connectivity index (χ0n) is 9.12. The Labute approximate surface area is 103 Å². The molecule has 0 radical (unpaired) electrons. The Morgan fingerprint density at radius 2 is 1.95 bits per heavy atom. The monoisotopic (exact) mass is 274 g/mol. The van der Waals surface area contributed by atoms with Gasteiger partial charge in [0.1, 0.15) is 11.5 Å². The second-order valence-electron chi connectivity index (χ2n) is 3.66. The Kier molecular flexibility index (Phi) is 3.01. The van der Waals surface area contributed by atoms with Crippen molar-refractivity contribution in [2.45, 2.75) is 6.18 Å². The normalized spacial score (nSPS) is 11.6. The topological polar surface area (TPSA) is 66.0 Å². The van der Waals surface area contributed by atoms with Gasteiger partial charge in [-0.3, -0.25) is 5.10 Å². The highest BCUT2D eigenvalue weighted by molar-refractivity contribution is 5.86. The third-order valence-corrected chi connectivity index (χ3v) is 2.38. The van der Waals surface area contributed by atoms with E-state index in [0.717, 1.165) is 12.1 Å². The zero-order chi connectivity index (χ0) is 14.2. The number of benzene rings is 1. The van der Waals surface area contributed by atoms with Crippen molar-refractivity contribution in [2.24, 2.45) is 0 Å². The van der Waals surface area contributed by atoms with Crippen molar-refractivity contribution >= 4 is 5.97 Å². The van der Waals surface area contributed by atoms with Crippen LogP contribution in [0.25, 0.3) is 11.3 Å². The first-order chi connectivity index (χ1) is 8.79. The molecule has 1 aromatic carbocycles. The molecule has 2 N–H and O–H groups in total. The second kappa shape index (κ2) is 4.38. The quantitative estimate of drug-likeness (QED) is 0.827. The van der Waals surface area contributed by atoms with Gasteiger partial charge in [-0.2, -0.15) is 18.3 Å². The van der Waals surface area contributed by atoms with Gasteiger partial charge in [-0.25, -0.2) is 9.18 Å². The Morgan fingerprint density at radius 3 is 2.42 bits per heavy atom. The minimum absolute atomic E-state index is 0.0800. The minimum atomic E-state index is -4.64. The second-order valence-corrected chi connectivity index (χ2v) is 3.66. The summed E-state index contributed by atoms with van der Waals surface area (Å²) >= 11 is 0. The molecular formula is C11H6F4N2O2. The Bertz CT molecular complexity index is 634. The minimum Gasteiger partial charge on any atom is -0.477 e. The number of H-pyrrole nitrogens is 1. The third-order valence-electron chi connectivity index (χ3n) is 2.38.